The second-order valence-corrected chi connectivity index (χ2v) is 9.94. The Morgan fingerprint density at radius 2 is 1.73 bits per heavy atom. The SMILES string of the molecule is COCCNC(=O)c1ccc(CSc2nc(COC)cc(N3CCN(c4ccccc4Cl)CC3)n2)cc1. The zero-order valence-corrected chi connectivity index (χ0v) is 22.7. The van der Waals surface area contributed by atoms with Crippen molar-refractivity contribution in [3.05, 3.63) is 76.4 Å². The van der Waals surface area contributed by atoms with Crippen molar-refractivity contribution >= 4 is 40.8 Å². The Labute approximate surface area is 227 Å². The van der Waals surface area contributed by atoms with Gasteiger partial charge >= 0.3 is 0 Å². The van der Waals surface area contributed by atoms with Crippen molar-refractivity contribution in [2.24, 2.45) is 0 Å². The number of piperazine rings is 1. The second kappa shape index (κ2) is 13.6. The normalized spacial score (nSPS) is 13.6. The van der Waals surface area contributed by atoms with Gasteiger partial charge in [0.15, 0.2) is 5.16 Å². The predicted octanol–water partition coefficient (Wildman–Crippen LogP) is 4.27. The van der Waals surface area contributed by atoms with E-state index in [1.54, 1.807) is 26.0 Å². The molecule has 0 radical (unpaired) electrons. The second-order valence-electron chi connectivity index (χ2n) is 8.59. The van der Waals surface area contributed by atoms with E-state index in [1.165, 1.54) is 0 Å². The Morgan fingerprint density at radius 3 is 2.43 bits per heavy atom. The molecule has 0 saturated carbocycles. The number of halogens is 1. The maximum absolute atomic E-state index is 12.2. The average molecular weight is 542 g/mol. The number of ether oxygens (including phenoxy) is 2. The molecule has 1 fully saturated rings. The first kappa shape index (κ1) is 27.2. The summed E-state index contributed by atoms with van der Waals surface area (Å²) in [4.78, 5) is 26.3. The number of amides is 1. The summed E-state index contributed by atoms with van der Waals surface area (Å²) in [6.07, 6.45) is 0. The third-order valence-corrected chi connectivity index (χ3v) is 7.25. The molecule has 2 heterocycles. The van der Waals surface area contributed by atoms with Crippen LogP contribution in [0.1, 0.15) is 21.6 Å². The van der Waals surface area contributed by atoms with E-state index in [0.717, 1.165) is 54.0 Å². The number of para-hydroxylation sites is 1. The topological polar surface area (TPSA) is 79.8 Å². The Balaban J connectivity index is 1.38. The zero-order valence-electron chi connectivity index (χ0n) is 21.2. The van der Waals surface area contributed by atoms with Crippen LogP contribution in [0.4, 0.5) is 11.5 Å². The van der Waals surface area contributed by atoms with Crippen molar-refractivity contribution in [3.63, 3.8) is 0 Å². The average Bonchev–Trinajstić information content (AvgIpc) is 2.93. The molecule has 1 aliphatic rings. The summed E-state index contributed by atoms with van der Waals surface area (Å²) in [5, 5.41) is 4.32. The summed E-state index contributed by atoms with van der Waals surface area (Å²) < 4.78 is 10.3. The van der Waals surface area contributed by atoms with E-state index in [1.807, 2.05) is 48.5 Å². The maximum atomic E-state index is 12.2. The Hall–Kier alpha value is -2.85. The number of nitrogens with zero attached hydrogens (tertiary/aromatic N) is 4. The molecule has 1 N–H and O–H groups in total. The van der Waals surface area contributed by atoms with E-state index in [4.69, 9.17) is 31.0 Å². The molecule has 10 heteroatoms. The first-order chi connectivity index (χ1) is 18.1. The molecule has 8 nitrogen and oxygen atoms in total. The van der Waals surface area contributed by atoms with Crippen LogP contribution in [0.25, 0.3) is 0 Å². The van der Waals surface area contributed by atoms with Crippen LogP contribution in [-0.2, 0) is 21.8 Å². The standard InChI is InChI=1S/C27H32ClN5O3S/c1-35-16-11-29-26(34)21-9-7-20(8-10-21)19-37-27-30-22(18-36-2)17-25(31-27)33-14-12-32(13-15-33)24-6-4-3-5-23(24)28/h3-10,17H,11-16,18-19H2,1-2H3,(H,29,34). The van der Waals surface area contributed by atoms with Gasteiger partial charge in [-0.2, -0.15) is 0 Å². The minimum Gasteiger partial charge on any atom is -0.383 e. The minimum absolute atomic E-state index is 0.105. The lowest BCUT2D eigenvalue weighted by Gasteiger charge is -2.37. The molecule has 0 spiro atoms. The summed E-state index contributed by atoms with van der Waals surface area (Å²) in [6, 6.07) is 17.6. The number of carbonyl (C=O) groups excluding carboxylic acids is 1. The van der Waals surface area contributed by atoms with Gasteiger partial charge in [0.25, 0.3) is 5.91 Å². The molecule has 1 aliphatic heterocycles. The Kier molecular flexibility index (Phi) is 10.0. The van der Waals surface area contributed by atoms with Gasteiger partial charge in [-0.3, -0.25) is 4.79 Å². The van der Waals surface area contributed by atoms with E-state index in [9.17, 15) is 4.79 Å². The molecule has 1 saturated heterocycles. The summed E-state index contributed by atoms with van der Waals surface area (Å²) in [6.45, 7) is 4.80. The predicted molar refractivity (Wildman–Crippen MR) is 149 cm³/mol. The van der Waals surface area contributed by atoms with Crippen LogP contribution in [-0.4, -0.2) is 69.4 Å². The minimum atomic E-state index is -0.105. The van der Waals surface area contributed by atoms with Crippen molar-refractivity contribution < 1.29 is 14.3 Å². The summed E-state index contributed by atoms with van der Waals surface area (Å²) in [7, 11) is 3.28. The summed E-state index contributed by atoms with van der Waals surface area (Å²) >= 11 is 7.98. The van der Waals surface area contributed by atoms with Crippen LogP contribution < -0.4 is 15.1 Å². The van der Waals surface area contributed by atoms with Gasteiger partial charge in [-0.25, -0.2) is 9.97 Å². The van der Waals surface area contributed by atoms with Gasteiger partial charge in [0.05, 0.1) is 29.6 Å². The van der Waals surface area contributed by atoms with Crippen molar-refractivity contribution in [2.45, 2.75) is 17.5 Å². The number of aromatic nitrogens is 2. The molecule has 0 atom stereocenters. The lowest BCUT2D eigenvalue weighted by Crippen LogP contribution is -2.47. The highest BCUT2D eigenvalue weighted by Gasteiger charge is 2.21. The Bertz CT molecular complexity index is 1170. The van der Waals surface area contributed by atoms with Crippen LogP contribution in [0.5, 0.6) is 0 Å². The monoisotopic (exact) mass is 541 g/mol. The van der Waals surface area contributed by atoms with Crippen LogP contribution in [0, 0.1) is 0 Å². The summed E-state index contributed by atoms with van der Waals surface area (Å²) in [5.41, 5.74) is 3.64. The third-order valence-electron chi connectivity index (χ3n) is 6.01. The lowest BCUT2D eigenvalue weighted by molar-refractivity contribution is 0.0937. The van der Waals surface area contributed by atoms with E-state index < -0.39 is 0 Å². The van der Waals surface area contributed by atoms with Crippen molar-refractivity contribution in [2.75, 3.05) is 63.4 Å². The van der Waals surface area contributed by atoms with Gasteiger partial charge < -0.3 is 24.6 Å². The number of rotatable bonds is 11. The van der Waals surface area contributed by atoms with Crippen LogP contribution in [0.15, 0.2) is 59.8 Å². The molecule has 2 aromatic carbocycles. The molecule has 1 aromatic heterocycles. The molecule has 0 unspecified atom stereocenters. The van der Waals surface area contributed by atoms with E-state index in [0.29, 0.717) is 36.2 Å². The number of nitrogens with one attached hydrogen (secondary N) is 1. The van der Waals surface area contributed by atoms with Gasteiger partial charge in [0, 0.05) is 64.3 Å². The van der Waals surface area contributed by atoms with E-state index >= 15 is 0 Å². The molecule has 0 aliphatic carbocycles. The number of benzene rings is 2. The van der Waals surface area contributed by atoms with Crippen molar-refractivity contribution in [3.8, 4) is 0 Å². The fraction of sp³-hybridized carbons (Fsp3) is 0.370. The van der Waals surface area contributed by atoms with Gasteiger partial charge in [-0.05, 0) is 29.8 Å². The van der Waals surface area contributed by atoms with E-state index in [-0.39, 0.29) is 5.91 Å². The molecule has 37 heavy (non-hydrogen) atoms. The van der Waals surface area contributed by atoms with Crippen LogP contribution in [0.3, 0.4) is 0 Å². The summed E-state index contributed by atoms with van der Waals surface area (Å²) in [5.74, 6) is 1.50. The first-order valence-electron chi connectivity index (χ1n) is 12.2. The quantitative estimate of drug-likeness (QED) is 0.219. The molecule has 196 valence electrons. The lowest BCUT2D eigenvalue weighted by atomic mass is 10.1. The number of hydrogen-bond donors (Lipinski definition) is 1. The first-order valence-corrected chi connectivity index (χ1v) is 13.5. The highest BCUT2D eigenvalue weighted by Crippen LogP contribution is 2.28. The molecule has 4 rings (SSSR count). The smallest absolute Gasteiger partial charge is 0.251 e. The highest BCUT2D eigenvalue weighted by atomic mass is 35.5. The zero-order chi connectivity index (χ0) is 26.0. The van der Waals surface area contributed by atoms with Crippen LogP contribution in [0.2, 0.25) is 5.02 Å². The van der Waals surface area contributed by atoms with E-state index in [2.05, 4.69) is 21.2 Å². The van der Waals surface area contributed by atoms with Crippen LogP contribution >= 0.6 is 23.4 Å². The largest absolute Gasteiger partial charge is 0.383 e. The molecular weight excluding hydrogens is 510 g/mol. The number of thioether (sulfide) groups is 1. The number of carbonyl (C=O) groups is 1. The van der Waals surface area contributed by atoms with Gasteiger partial charge in [-0.1, -0.05) is 47.6 Å². The van der Waals surface area contributed by atoms with Gasteiger partial charge in [-0.15, -0.1) is 0 Å². The van der Waals surface area contributed by atoms with Gasteiger partial charge in [0.2, 0.25) is 0 Å². The number of hydrogen-bond acceptors (Lipinski definition) is 8. The molecule has 1 amide bonds. The molecule has 0 bridgehead atoms. The Morgan fingerprint density at radius 1 is 1.00 bits per heavy atom. The van der Waals surface area contributed by atoms with Crippen molar-refractivity contribution in [1.29, 1.82) is 0 Å². The van der Waals surface area contributed by atoms with Gasteiger partial charge in [0.1, 0.15) is 5.82 Å². The third kappa shape index (κ3) is 7.58. The number of methoxy groups -OCH3 is 2. The fourth-order valence-corrected chi connectivity index (χ4v) is 5.14. The fourth-order valence-electron chi connectivity index (χ4n) is 4.06. The van der Waals surface area contributed by atoms with Crippen molar-refractivity contribution in [1.82, 2.24) is 15.3 Å². The highest BCUT2D eigenvalue weighted by molar-refractivity contribution is 7.98. The molecular formula is C27H32ClN5O3S. The number of anilines is 2. The molecule has 3 aromatic rings. The maximum Gasteiger partial charge on any atom is 0.251 e.